The summed E-state index contributed by atoms with van der Waals surface area (Å²) in [6, 6.07) is 0. The van der Waals surface area contributed by atoms with E-state index in [0.717, 1.165) is 0 Å². The molecule has 0 aliphatic rings. The lowest BCUT2D eigenvalue weighted by Gasteiger charge is -2.06. The number of nitrogen functional groups attached to an aromatic ring is 1. The Morgan fingerprint density at radius 2 is 2.33 bits per heavy atom. The maximum Gasteiger partial charge on any atom is 0.281 e. The van der Waals surface area contributed by atoms with Crippen molar-refractivity contribution < 1.29 is 0 Å². The van der Waals surface area contributed by atoms with E-state index < -0.39 is 0 Å². The molecule has 0 aromatic carbocycles. The van der Waals surface area contributed by atoms with Gasteiger partial charge in [-0.05, 0) is 13.2 Å². The van der Waals surface area contributed by atoms with Crippen LogP contribution in [0, 0.1) is 6.92 Å². The molecule has 0 spiro atoms. The van der Waals surface area contributed by atoms with Crippen LogP contribution in [0.3, 0.4) is 0 Å². The van der Waals surface area contributed by atoms with Gasteiger partial charge in [0.15, 0.2) is 5.52 Å². The Morgan fingerprint density at radius 1 is 1.60 bits per heavy atom. The molecule has 80 valence electrons. The summed E-state index contributed by atoms with van der Waals surface area (Å²) in [6.45, 7) is 1.78. The fraction of sp³-hybridized carbons (Fsp3) is 0.375. The maximum atomic E-state index is 12.0. The highest BCUT2D eigenvalue weighted by atomic mass is 32.2. The molecular weight excluding hydrogens is 214 g/mol. The van der Waals surface area contributed by atoms with Crippen LogP contribution in [0.2, 0.25) is 0 Å². The predicted molar refractivity (Wildman–Crippen MR) is 59.9 cm³/mol. The highest BCUT2D eigenvalue weighted by molar-refractivity contribution is 7.97. The van der Waals surface area contributed by atoms with Crippen LogP contribution in [0.4, 0.5) is 5.95 Å². The largest absolute Gasteiger partial charge is 0.368 e. The van der Waals surface area contributed by atoms with Crippen molar-refractivity contribution in [2.75, 3.05) is 12.0 Å². The minimum atomic E-state index is -0.146. The molecule has 2 aromatic heterocycles. The zero-order valence-corrected chi connectivity index (χ0v) is 9.28. The molecule has 2 N–H and O–H groups in total. The summed E-state index contributed by atoms with van der Waals surface area (Å²) in [5.74, 6) is 0.706. The molecule has 7 heteroatoms. The van der Waals surface area contributed by atoms with Crippen LogP contribution < -0.4 is 11.3 Å². The Balaban J connectivity index is 2.81. The van der Waals surface area contributed by atoms with E-state index in [0.29, 0.717) is 17.1 Å². The third-order valence-corrected chi connectivity index (χ3v) is 2.64. The fourth-order valence-electron chi connectivity index (χ4n) is 1.40. The number of aromatic nitrogens is 4. The van der Waals surface area contributed by atoms with Gasteiger partial charge in [0.05, 0.1) is 11.6 Å². The smallest absolute Gasteiger partial charge is 0.281 e. The van der Waals surface area contributed by atoms with Crippen molar-refractivity contribution >= 4 is 23.2 Å². The molecule has 2 aromatic rings. The molecule has 0 saturated carbocycles. The zero-order chi connectivity index (χ0) is 11.0. The first-order chi connectivity index (χ1) is 7.15. The SMILES string of the molecule is CSCn1c(N)nn2cnc(C)c2c1=O. The first kappa shape index (κ1) is 10.0. The van der Waals surface area contributed by atoms with Gasteiger partial charge >= 0.3 is 0 Å². The van der Waals surface area contributed by atoms with Crippen molar-refractivity contribution in [3.8, 4) is 0 Å². The summed E-state index contributed by atoms with van der Waals surface area (Å²) in [7, 11) is 0. The number of nitrogens with zero attached hydrogens (tertiary/aromatic N) is 4. The van der Waals surface area contributed by atoms with Gasteiger partial charge in [-0.3, -0.25) is 9.36 Å². The first-order valence-corrected chi connectivity index (χ1v) is 5.73. The third-order valence-electron chi connectivity index (χ3n) is 2.13. The number of imidazole rings is 1. The van der Waals surface area contributed by atoms with Gasteiger partial charge in [0.25, 0.3) is 5.56 Å². The second-order valence-electron chi connectivity index (χ2n) is 3.13. The van der Waals surface area contributed by atoms with Crippen LogP contribution in [0.25, 0.3) is 5.52 Å². The van der Waals surface area contributed by atoms with Crippen molar-refractivity contribution in [2.45, 2.75) is 12.8 Å². The number of anilines is 1. The van der Waals surface area contributed by atoms with Gasteiger partial charge < -0.3 is 5.73 Å². The lowest BCUT2D eigenvalue weighted by atomic mass is 10.4. The van der Waals surface area contributed by atoms with Crippen LogP contribution in [-0.4, -0.2) is 25.4 Å². The summed E-state index contributed by atoms with van der Waals surface area (Å²) in [5, 5.41) is 4.06. The number of rotatable bonds is 2. The molecule has 0 bridgehead atoms. The normalized spacial score (nSPS) is 11.1. The molecule has 0 unspecified atom stereocenters. The Morgan fingerprint density at radius 3 is 3.00 bits per heavy atom. The Hall–Kier alpha value is -1.50. The van der Waals surface area contributed by atoms with Crippen molar-refractivity contribution in [1.29, 1.82) is 0 Å². The summed E-state index contributed by atoms with van der Waals surface area (Å²) in [6.07, 6.45) is 3.39. The number of thioether (sulfide) groups is 1. The van der Waals surface area contributed by atoms with Crippen LogP contribution in [0.15, 0.2) is 11.1 Å². The van der Waals surface area contributed by atoms with Gasteiger partial charge in [0, 0.05) is 0 Å². The summed E-state index contributed by atoms with van der Waals surface area (Å²) in [5.41, 5.74) is 6.68. The molecule has 0 aliphatic carbocycles. The number of nitrogens with two attached hydrogens (primary N) is 1. The zero-order valence-electron chi connectivity index (χ0n) is 8.47. The van der Waals surface area contributed by atoms with Gasteiger partial charge in [0.1, 0.15) is 6.33 Å². The molecule has 0 radical (unpaired) electrons. The highest BCUT2D eigenvalue weighted by Crippen LogP contribution is 2.06. The minimum Gasteiger partial charge on any atom is -0.368 e. The van der Waals surface area contributed by atoms with E-state index in [4.69, 9.17) is 5.73 Å². The summed E-state index contributed by atoms with van der Waals surface area (Å²) >= 11 is 1.51. The second kappa shape index (κ2) is 3.58. The molecule has 15 heavy (non-hydrogen) atoms. The average molecular weight is 225 g/mol. The number of hydrogen-bond acceptors (Lipinski definition) is 5. The van der Waals surface area contributed by atoms with Crippen LogP contribution in [0.5, 0.6) is 0 Å². The van der Waals surface area contributed by atoms with E-state index in [1.54, 1.807) is 6.92 Å². The maximum absolute atomic E-state index is 12.0. The van der Waals surface area contributed by atoms with Gasteiger partial charge in [-0.15, -0.1) is 16.9 Å². The molecule has 0 atom stereocenters. The Bertz CT molecular complexity index is 558. The van der Waals surface area contributed by atoms with Crippen molar-refractivity contribution in [3.63, 3.8) is 0 Å². The van der Waals surface area contributed by atoms with Crippen LogP contribution >= 0.6 is 11.8 Å². The Kier molecular flexibility index (Phi) is 2.39. The van der Waals surface area contributed by atoms with E-state index in [1.165, 1.54) is 27.2 Å². The molecular formula is C8H11N5OS. The number of aryl methyl sites for hydroxylation is 1. The topological polar surface area (TPSA) is 78.2 Å². The predicted octanol–water partition coefficient (Wildman–Crippen LogP) is 0.102. The van der Waals surface area contributed by atoms with E-state index in [-0.39, 0.29) is 11.5 Å². The lowest BCUT2D eigenvalue weighted by Crippen LogP contribution is -2.26. The van der Waals surface area contributed by atoms with E-state index in [2.05, 4.69) is 10.1 Å². The van der Waals surface area contributed by atoms with Gasteiger partial charge in [-0.25, -0.2) is 9.50 Å². The Labute approximate surface area is 90.1 Å². The molecule has 0 saturated heterocycles. The van der Waals surface area contributed by atoms with Crippen molar-refractivity contribution in [2.24, 2.45) is 0 Å². The summed E-state index contributed by atoms with van der Waals surface area (Å²) < 4.78 is 2.86. The molecule has 6 nitrogen and oxygen atoms in total. The molecule has 0 fully saturated rings. The second-order valence-corrected chi connectivity index (χ2v) is 3.97. The van der Waals surface area contributed by atoms with Crippen LogP contribution in [-0.2, 0) is 5.88 Å². The number of fused-ring (bicyclic) bond motifs is 1. The monoisotopic (exact) mass is 225 g/mol. The first-order valence-electron chi connectivity index (χ1n) is 4.34. The summed E-state index contributed by atoms with van der Waals surface area (Å²) in [4.78, 5) is 16.0. The molecule has 0 aliphatic heterocycles. The minimum absolute atomic E-state index is 0.146. The van der Waals surface area contributed by atoms with Crippen molar-refractivity contribution in [3.05, 3.63) is 22.4 Å². The molecule has 2 rings (SSSR count). The van der Waals surface area contributed by atoms with E-state index >= 15 is 0 Å². The molecule has 2 heterocycles. The standard InChI is InChI=1S/C8H11N5OS/c1-5-6-7(14)12(4-15-2)8(9)11-13(6)3-10-5/h3H,4H2,1-2H3,(H2,9,11). The quantitative estimate of drug-likeness (QED) is 0.784. The van der Waals surface area contributed by atoms with E-state index in [1.807, 2.05) is 6.26 Å². The fourth-order valence-corrected chi connectivity index (χ4v) is 1.91. The van der Waals surface area contributed by atoms with Gasteiger partial charge in [-0.2, -0.15) is 0 Å². The third kappa shape index (κ3) is 1.48. The number of hydrogen-bond donors (Lipinski definition) is 1. The highest BCUT2D eigenvalue weighted by Gasteiger charge is 2.11. The van der Waals surface area contributed by atoms with Gasteiger partial charge in [-0.1, -0.05) is 0 Å². The van der Waals surface area contributed by atoms with Crippen molar-refractivity contribution in [1.82, 2.24) is 19.2 Å². The lowest BCUT2D eigenvalue weighted by molar-refractivity contribution is 0.771. The van der Waals surface area contributed by atoms with Crippen LogP contribution in [0.1, 0.15) is 5.69 Å². The average Bonchev–Trinajstić information content (AvgIpc) is 2.54. The molecule has 0 amide bonds. The van der Waals surface area contributed by atoms with E-state index in [9.17, 15) is 4.79 Å². The van der Waals surface area contributed by atoms with Gasteiger partial charge in [0.2, 0.25) is 5.95 Å².